The first-order chi connectivity index (χ1) is 17.3. The van der Waals surface area contributed by atoms with Crippen LogP contribution in [-0.4, -0.2) is 19.6 Å². The molecule has 0 fully saturated rings. The van der Waals surface area contributed by atoms with Crippen molar-refractivity contribution < 1.29 is 0 Å². The van der Waals surface area contributed by atoms with Gasteiger partial charge in [0.25, 0.3) is 0 Å². The molecule has 0 amide bonds. The van der Waals surface area contributed by atoms with Crippen LogP contribution in [0.15, 0.2) is 60.9 Å². The van der Waals surface area contributed by atoms with Crippen LogP contribution >= 0.6 is 0 Å². The number of nitriles is 1. The average Bonchev–Trinajstić information content (AvgIpc) is 3.49. The van der Waals surface area contributed by atoms with E-state index in [2.05, 4.69) is 76.7 Å². The standard InChI is InChI=1S/C31H34N6/c1-29(2,3)22-12-10-14-24(16-22)36-19-21(18-32)27(34-36)31(7,8)28-26(33-9)20-37(35-28)25-15-11-13-23(17-25)30(4,5)6/h10-17,19-20H,1-8H3. The van der Waals surface area contributed by atoms with Gasteiger partial charge in [-0.15, -0.1) is 0 Å². The van der Waals surface area contributed by atoms with E-state index in [1.165, 1.54) is 11.1 Å². The summed E-state index contributed by atoms with van der Waals surface area (Å²) in [6.45, 7) is 24.8. The van der Waals surface area contributed by atoms with E-state index in [1.807, 2.05) is 38.1 Å². The molecule has 0 saturated heterocycles. The first kappa shape index (κ1) is 25.9. The van der Waals surface area contributed by atoms with Gasteiger partial charge < -0.3 is 0 Å². The van der Waals surface area contributed by atoms with Crippen molar-refractivity contribution >= 4 is 5.69 Å². The maximum absolute atomic E-state index is 10.00. The molecule has 0 atom stereocenters. The molecule has 0 aliphatic carbocycles. The molecule has 0 spiro atoms. The minimum absolute atomic E-state index is 0.00723. The van der Waals surface area contributed by atoms with Crippen molar-refractivity contribution in [3.05, 3.63) is 100 Å². The molecular weight excluding hydrogens is 456 g/mol. The zero-order valence-corrected chi connectivity index (χ0v) is 23.0. The van der Waals surface area contributed by atoms with Gasteiger partial charge in [0.15, 0.2) is 0 Å². The largest absolute Gasteiger partial charge is 0.252 e. The number of nitrogens with zero attached hydrogens (tertiary/aromatic N) is 6. The molecule has 2 aromatic carbocycles. The molecule has 6 heteroatoms. The first-order valence-corrected chi connectivity index (χ1v) is 12.5. The van der Waals surface area contributed by atoms with Crippen molar-refractivity contribution in [3.63, 3.8) is 0 Å². The molecule has 0 saturated carbocycles. The maximum Gasteiger partial charge on any atom is 0.228 e. The number of hydrogen-bond acceptors (Lipinski definition) is 3. The van der Waals surface area contributed by atoms with Gasteiger partial charge in [0.2, 0.25) is 5.69 Å². The minimum Gasteiger partial charge on any atom is -0.252 e. The normalized spacial score (nSPS) is 12.3. The molecular formula is C31H34N6. The lowest BCUT2D eigenvalue weighted by molar-refractivity contribution is 0.574. The van der Waals surface area contributed by atoms with Crippen molar-refractivity contribution in [1.82, 2.24) is 19.6 Å². The summed E-state index contributed by atoms with van der Waals surface area (Å²) in [5.74, 6) is 0. The van der Waals surface area contributed by atoms with E-state index in [0.717, 1.165) is 11.4 Å². The number of aromatic nitrogens is 4. The summed E-state index contributed by atoms with van der Waals surface area (Å²) in [7, 11) is 0. The van der Waals surface area contributed by atoms with Gasteiger partial charge in [-0.05, 0) is 60.1 Å². The Bertz CT molecular complexity index is 1420. The van der Waals surface area contributed by atoms with E-state index in [9.17, 15) is 5.26 Å². The number of rotatable bonds is 4. The van der Waals surface area contributed by atoms with Crippen LogP contribution < -0.4 is 0 Å². The van der Waals surface area contributed by atoms with Gasteiger partial charge in [-0.1, -0.05) is 65.8 Å². The van der Waals surface area contributed by atoms with Gasteiger partial charge in [-0.2, -0.15) is 15.5 Å². The highest BCUT2D eigenvalue weighted by Crippen LogP contribution is 2.38. The lowest BCUT2D eigenvalue weighted by Crippen LogP contribution is -2.22. The van der Waals surface area contributed by atoms with Crippen LogP contribution in [-0.2, 0) is 16.2 Å². The van der Waals surface area contributed by atoms with Gasteiger partial charge in [-0.3, -0.25) is 4.68 Å². The predicted octanol–water partition coefficient (Wildman–Crippen LogP) is 7.40. The molecule has 2 aromatic heterocycles. The third-order valence-corrected chi connectivity index (χ3v) is 6.79. The van der Waals surface area contributed by atoms with E-state index < -0.39 is 5.41 Å². The third-order valence-electron chi connectivity index (χ3n) is 6.79. The second-order valence-electron chi connectivity index (χ2n) is 12.1. The summed E-state index contributed by atoms with van der Waals surface area (Å²) in [6, 6.07) is 18.7. The van der Waals surface area contributed by atoms with E-state index in [1.54, 1.807) is 21.8 Å². The van der Waals surface area contributed by atoms with Crippen molar-refractivity contribution in [1.29, 1.82) is 5.26 Å². The molecule has 0 aliphatic rings. The molecule has 2 heterocycles. The van der Waals surface area contributed by atoms with Gasteiger partial charge in [-0.25, -0.2) is 9.53 Å². The highest BCUT2D eigenvalue weighted by atomic mass is 15.3. The molecule has 6 nitrogen and oxygen atoms in total. The fraction of sp³-hybridized carbons (Fsp3) is 0.355. The summed E-state index contributed by atoms with van der Waals surface area (Å²) in [5, 5.41) is 19.7. The van der Waals surface area contributed by atoms with E-state index >= 15 is 0 Å². The highest BCUT2D eigenvalue weighted by Gasteiger charge is 2.35. The zero-order chi connectivity index (χ0) is 27.2. The Morgan fingerprint density at radius 1 is 0.757 bits per heavy atom. The van der Waals surface area contributed by atoms with Crippen LogP contribution in [0.25, 0.3) is 16.2 Å². The summed E-state index contributed by atoms with van der Waals surface area (Å²) in [5.41, 5.74) is 5.46. The molecule has 0 unspecified atom stereocenters. The average molecular weight is 491 g/mol. The van der Waals surface area contributed by atoms with Gasteiger partial charge in [0, 0.05) is 17.8 Å². The number of hydrogen-bond donors (Lipinski definition) is 0. The minimum atomic E-state index is -0.773. The lowest BCUT2D eigenvalue weighted by atomic mass is 9.83. The van der Waals surface area contributed by atoms with Crippen LogP contribution in [0.3, 0.4) is 0 Å². The Kier molecular flexibility index (Phi) is 6.34. The van der Waals surface area contributed by atoms with Gasteiger partial charge in [0.1, 0.15) is 6.07 Å². The van der Waals surface area contributed by atoms with E-state index in [-0.39, 0.29) is 10.8 Å². The van der Waals surface area contributed by atoms with Gasteiger partial charge in [0.05, 0.1) is 34.9 Å². The fourth-order valence-electron chi connectivity index (χ4n) is 4.42. The third kappa shape index (κ3) is 4.93. The van der Waals surface area contributed by atoms with Crippen molar-refractivity contribution in [2.24, 2.45) is 0 Å². The number of benzene rings is 2. The second-order valence-corrected chi connectivity index (χ2v) is 12.1. The molecule has 4 rings (SSSR count). The maximum atomic E-state index is 10.00. The topological polar surface area (TPSA) is 63.8 Å². The smallest absolute Gasteiger partial charge is 0.228 e. The Labute approximate surface area is 220 Å². The summed E-state index contributed by atoms with van der Waals surface area (Å²) >= 11 is 0. The molecule has 37 heavy (non-hydrogen) atoms. The van der Waals surface area contributed by atoms with E-state index in [0.29, 0.717) is 22.6 Å². The Morgan fingerprint density at radius 2 is 1.24 bits per heavy atom. The van der Waals surface area contributed by atoms with Crippen molar-refractivity contribution in [3.8, 4) is 17.4 Å². The van der Waals surface area contributed by atoms with Crippen LogP contribution in [0.4, 0.5) is 5.69 Å². The first-order valence-electron chi connectivity index (χ1n) is 12.5. The van der Waals surface area contributed by atoms with Crippen molar-refractivity contribution in [2.75, 3.05) is 0 Å². The highest BCUT2D eigenvalue weighted by molar-refractivity contribution is 5.57. The predicted molar refractivity (Wildman–Crippen MR) is 148 cm³/mol. The Morgan fingerprint density at radius 3 is 1.70 bits per heavy atom. The quantitative estimate of drug-likeness (QED) is 0.280. The van der Waals surface area contributed by atoms with Crippen LogP contribution in [0.1, 0.15) is 83.5 Å². The van der Waals surface area contributed by atoms with Crippen LogP contribution in [0.2, 0.25) is 0 Å². The summed E-state index contributed by atoms with van der Waals surface area (Å²) < 4.78 is 3.52. The van der Waals surface area contributed by atoms with E-state index in [4.69, 9.17) is 16.8 Å². The van der Waals surface area contributed by atoms with Crippen LogP contribution in [0.5, 0.6) is 0 Å². The monoisotopic (exact) mass is 490 g/mol. The Balaban J connectivity index is 1.81. The summed E-state index contributed by atoms with van der Waals surface area (Å²) in [4.78, 5) is 3.79. The molecule has 0 radical (unpaired) electrons. The molecule has 0 aliphatic heterocycles. The molecule has 0 N–H and O–H groups in total. The summed E-state index contributed by atoms with van der Waals surface area (Å²) in [6.07, 6.45) is 3.53. The molecule has 0 bridgehead atoms. The van der Waals surface area contributed by atoms with Gasteiger partial charge >= 0.3 is 0 Å². The Hall–Kier alpha value is -4.16. The van der Waals surface area contributed by atoms with Crippen molar-refractivity contribution in [2.45, 2.75) is 71.6 Å². The second kappa shape index (κ2) is 9.05. The molecule has 188 valence electrons. The zero-order valence-electron chi connectivity index (χ0n) is 23.0. The lowest BCUT2D eigenvalue weighted by Gasteiger charge is -2.22. The fourth-order valence-corrected chi connectivity index (χ4v) is 4.42. The van der Waals surface area contributed by atoms with Crippen LogP contribution in [0, 0.1) is 17.9 Å². The molecule has 4 aromatic rings. The SMILES string of the molecule is [C-]#[N+]c1cn(-c2cccc(C(C)(C)C)c2)nc1C(C)(C)c1nn(-c2cccc(C(C)(C)C)c2)cc1C#N.